The topological polar surface area (TPSA) is 56.6 Å². The first-order valence-corrected chi connectivity index (χ1v) is 7.50. The number of rotatable bonds is 2. The van der Waals surface area contributed by atoms with E-state index in [9.17, 15) is 14.4 Å². The lowest BCUT2D eigenvalue weighted by molar-refractivity contribution is 0.628. The predicted octanol–water partition coefficient (Wildman–Crippen LogP) is 4.34. The fourth-order valence-corrected chi connectivity index (χ4v) is 2.73. The van der Waals surface area contributed by atoms with Gasteiger partial charge in [-0.05, 0) is 49.2 Å². The smallest absolute Gasteiger partial charge is 0.266 e. The summed E-state index contributed by atoms with van der Waals surface area (Å²) in [5, 5.41) is 9.33. The Bertz CT molecular complexity index is 1030. The van der Waals surface area contributed by atoms with Gasteiger partial charge in [0.25, 0.3) is 5.56 Å². The van der Waals surface area contributed by atoms with E-state index in [2.05, 4.69) is 4.98 Å². The van der Waals surface area contributed by atoms with Gasteiger partial charge in [0.2, 0.25) is 0 Å². The maximum Gasteiger partial charge on any atom is 0.266 e. The summed E-state index contributed by atoms with van der Waals surface area (Å²) in [6.07, 6.45) is 0. The van der Waals surface area contributed by atoms with E-state index < -0.39 is 11.4 Å². The lowest BCUT2D eigenvalue weighted by Gasteiger charge is -2.11. The Morgan fingerprint density at radius 3 is 2.54 bits per heavy atom. The predicted molar refractivity (Wildman–Crippen MR) is 92.1 cm³/mol. The Balaban J connectivity index is 2.30. The molecular formula is C20H15FN2O. The van der Waals surface area contributed by atoms with Gasteiger partial charge in [-0.25, -0.2) is 4.39 Å². The van der Waals surface area contributed by atoms with Gasteiger partial charge in [0.05, 0.1) is 0 Å². The van der Waals surface area contributed by atoms with Crippen LogP contribution in [-0.2, 0) is 0 Å². The van der Waals surface area contributed by atoms with Crippen molar-refractivity contribution in [2.75, 3.05) is 0 Å². The van der Waals surface area contributed by atoms with Crippen molar-refractivity contribution in [2.45, 2.75) is 13.8 Å². The number of nitrogens with one attached hydrogen (secondary N) is 1. The molecule has 118 valence electrons. The molecule has 0 aliphatic heterocycles. The number of nitriles is 1. The second kappa shape index (κ2) is 6.13. The van der Waals surface area contributed by atoms with Gasteiger partial charge < -0.3 is 4.98 Å². The highest BCUT2D eigenvalue weighted by Crippen LogP contribution is 2.28. The minimum absolute atomic E-state index is 0.0188. The summed E-state index contributed by atoms with van der Waals surface area (Å²) in [5.41, 5.74) is 4.00. The van der Waals surface area contributed by atoms with Crippen molar-refractivity contribution in [1.82, 2.24) is 4.98 Å². The molecule has 2 aromatic carbocycles. The molecule has 0 unspecified atom stereocenters. The van der Waals surface area contributed by atoms with E-state index in [1.165, 1.54) is 12.1 Å². The second-order valence-corrected chi connectivity index (χ2v) is 5.74. The van der Waals surface area contributed by atoms with Crippen LogP contribution < -0.4 is 5.56 Å². The molecule has 1 aromatic heterocycles. The van der Waals surface area contributed by atoms with Gasteiger partial charge in [-0.2, -0.15) is 5.26 Å². The van der Waals surface area contributed by atoms with Crippen LogP contribution in [0.15, 0.2) is 53.3 Å². The first-order valence-electron chi connectivity index (χ1n) is 7.50. The molecule has 0 aliphatic carbocycles. The van der Waals surface area contributed by atoms with Crippen molar-refractivity contribution in [3.63, 3.8) is 0 Å². The van der Waals surface area contributed by atoms with Crippen molar-refractivity contribution in [1.29, 1.82) is 5.26 Å². The van der Waals surface area contributed by atoms with Crippen LogP contribution in [0, 0.1) is 31.0 Å². The molecule has 3 aromatic rings. The number of aryl methyl sites for hydroxylation is 2. The molecule has 0 aliphatic rings. The molecule has 0 spiro atoms. The van der Waals surface area contributed by atoms with Crippen molar-refractivity contribution in [3.8, 4) is 28.5 Å². The number of aromatic nitrogens is 1. The molecule has 0 atom stereocenters. The molecule has 3 nitrogen and oxygen atoms in total. The summed E-state index contributed by atoms with van der Waals surface area (Å²) in [7, 11) is 0. The number of pyridine rings is 1. The van der Waals surface area contributed by atoms with Crippen LogP contribution in [0.25, 0.3) is 22.4 Å². The Hall–Kier alpha value is -3.19. The minimum Gasteiger partial charge on any atom is -0.321 e. The molecule has 0 bridgehead atoms. The van der Waals surface area contributed by atoms with Gasteiger partial charge in [0, 0.05) is 16.8 Å². The Kier molecular flexibility index (Phi) is 4.01. The zero-order valence-corrected chi connectivity index (χ0v) is 13.4. The summed E-state index contributed by atoms with van der Waals surface area (Å²) >= 11 is 0. The summed E-state index contributed by atoms with van der Waals surface area (Å²) in [6.45, 7) is 3.92. The molecule has 1 N–H and O–H groups in total. The van der Waals surface area contributed by atoms with Crippen molar-refractivity contribution in [3.05, 3.63) is 81.4 Å². The molecule has 0 fully saturated rings. The van der Waals surface area contributed by atoms with Gasteiger partial charge >= 0.3 is 0 Å². The van der Waals surface area contributed by atoms with Crippen LogP contribution in [0.1, 0.15) is 16.7 Å². The number of hydrogen-bond donors (Lipinski definition) is 1. The highest BCUT2D eigenvalue weighted by atomic mass is 19.1. The average molecular weight is 318 g/mol. The standard InChI is InChI=1S/C20H15FN2O/c1-12-6-7-13(2)16(8-12)19-10-17(18(11-22)20(24)23-19)14-4-3-5-15(21)9-14/h3-10H,1-2H3,(H,23,24). The molecule has 3 rings (SSSR count). The SMILES string of the molecule is Cc1ccc(C)c(-c2cc(-c3cccc(F)c3)c(C#N)c(=O)[nH]2)c1. The minimum atomic E-state index is -0.477. The third-order valence-corrected chi connectivity index (χ3v) is 3.96. The Labute approximate surface area is 139 Å². The summed E-state index contributed by atoms with van der Waals surface area (Å²) in [4.78, 5) is 15.1. The number of halogens is 1. The zero-order valence-electron chi connectivity index (χ0n) is 13.4. The number of benzene rings is 2. The highest BCUT2D eigenvalue weighted by Gasteiger charge is 2.14. The third kappa shape index (κ3) is 2.84. The fourth-order valence-electron chi connectivity index (χ4n) is 2.73. The van der Waals surface area contributed by atoms with Gasteiger partial charge in [-0.3, -0.25) is 4.79 Å². The Morgan fingerprint density at radius 2 is 1.83 bits per heavy atom. The molecule has 0 saturated heterocycles. The number of nitrogens with zero attached hydrogens (tertiary/aromatic N) is 1. The molecular weight excluding hydrogens is 303 g/mol. The summed E-state index contributed by atoms with van der Waals surface area (Å²) in [5.74, 6) is -0.412. The third-order valence-electron chi connectivity index (χ3n) is 3.96. The molecule has 0 amide bonds. The van der Waals surface area contributed by atoms with Crippen molar-refractivity contribution >= 4 is 0 Å². The van der Waals surface area contributed by atoms with Crippen LogP contribution in [0.3, 0.4) is 0 Å². The molecule has 0 saturated carbocycles. The van der Waals surface area contributed by atoms with Crippen molar-refractivity contribution < 1.29 is 4.39 Å². The van der Waals surface area contributed by atoms with Crippen LogP contribution in [0.4, 0.5) is 4.39 Å². The largest absolute Gasteiger partial charge is 0.321 e. The lowest BCUT2D eigenvalue weighted by Crippen LogP contribution is -2.13. The molecule has 4 heteroatoms. The zero-order chi connectivity index (χ0) is 17.3. The van der Waals surface area contributed by atoms with E-state index in [1.54, 1.807) is 18.2 Å². The number of aromatic amines is 1. The first kappa shape index (κ1) is 15.7. The van der Waals surface area contributed by atoms with Crippen LogP contribution in [0.5, 0.6) is 0 Å². The van der Waals surface area contributed by atoms with Gasteiger partial charge in [-0.15, -0.1) is 0 Å². The summed E-state index contributed by atoms with van der Waals surface area (Å²) < 4.78 is 13.6. The number of hydrogen-bond acceptors (Lipinski definition) is 2. The van der Waals surface area contributed by atoms with Gasteiger partial charge in [0.15, 0.2) is 0 Å². The first-order chi connectivity index (χ1) is 11.5. The van der Waals surface area contributed by atoms with E-state index in [0.29, 0.717) is 16.8 Å². The fraction of sp³-hybridized carbons (Fsp3) is 0.100. The van der Waals surface area contributed by atoms with Crippen LogP contribution >= 0.6 is 0 Å². The van der Waals surface area contributed by atoms with E-state index in [1.807, 2.05) is 38.1 Å². The summed E-state index contributed by atoms with van der Waals surface area (Å²) in [6, 6.07) is 15.5. The van der Waals surface area contributed by atoms with E-state index >= 15 is 0 Å². The van der Waals surface area contributed by atoms with E-state index in [-0.39, 0.29) is 5.56 Å². The Morgan fingerprint density at radius 1 is 1.04 bits per heavy atom. The maximum atomic E-state index is 13.6. The number of H-pyrrole nitrogens is 1. The average Bonchev–Trinajstić information content (AvgIpc) is 2.56. The van der Waals surface area contributed by atoms with Gasteiger partial charge in [-0.1, -0.05) is 29.8 Å². The monoisotopic (exact) mass is 318 g/mol. The molecule has 0 radical (unpaired) electrons. The molecule has 24 heavy (non-hydrogen) atoms. The van der Waals surface area contributed by atoms with E-state index in [0.717, 1.165) is 16.7 Å². The highest BCUT2D eigenvalue weighted by molar-refractivity contribution is 5.76. The maximum absolute atomic E-state index is 13.6. The quantitative estimate of drug-likeness (QED) is 0.764. The van der Waals surface area contributed by atoms with Gasteiger partial charge in [0.1, 0.15) is 17.4 Å². The normalized spacial score (nSPS) is 10.4. The molecule has 1 heterocycles. The van der Waals surface area contributed by atoms with Crippen LogP contribution in [0.2, 0.25) is 0 Å². The van der Waals surface area contributed by atoms with Crippen molar-refractivity contribution in [2.24, 2.45) is 0 Å². The van der Waals surface area contributed by atoms with Crippen LogP contribution in [-0.4, -0.2) is 4.98 Å². The lowest BCUT2D eigenvalue weighted by atomic mass is 9.96. The van der Waals surface area contributed by atoms with E-state index in [4.69, 9.17) is 0 Å². The second-order valence-electron chi connectivity index (χ2n) is 5.74.